The molecule has 0 bridgehead atoms. The van der Waals surface area contributed by atoms with E-state index in [-0.39, 0.29) is 18.7 Å². The first kappa shape index (κ1) is 62.9. The van der Waals surface area contributed by atoms with Crippen LogP contribution in [0.4, 0.5) is 5.82 Å². The number of phosphoric acid groups is 2. The summed E-state index contributed by atoms with van der Waals surface area (Å²) in [6.45, 7) is 1.88. The van der Waals surface area contributed by atoms with Gasteiger partial charge in [0.1, 0.15) is 30.7 Å². The molecule has 9 atom stereocenters. The normalized spacial score (nSPS) is 22.5. The molecule has 2 aliphatic heterocycles. The van der Waals surface area contributed by atoms with Crippen LogP contribution in [0.15, 0.2) is 114 Å². The summed E-state index contributed by atoms with van der Waals surface area (Å²) in [5.41, 5.74) is 4.58. The highest BCUT2D eigenvalue weighted by Gasteiger charge is 2.46. The SMILES string of the molecule is CC/C=C\CC1OC1C/C=C\C/C=C\C/C=C\C/C=C\CCC(=O)O[C@H](COC(=O)CCCC/C=C\C/C=C\C/C=C\CCCCC)COP(=O)(O)OP(=O)(O)OC[C@H]1O[C@@H](n2ccc(N)nc2=O)[C@H](O)[C@@H]1O. The van der Waals surface area contributed by atoms with Crippen molar-refractivity contribution in [2.24, 2.45) is 0 Å². The number of anilines is 1. The van der Waals surface area contributed by atoms with Gasteiger partial charge in [-0.1, -0.05) is 124 Å². The van der Waals surface area contributed by atoms with E-state index in [2.05, 4.69) is 90.0 Å². The number of ether oxygens (including phenoxy) is 4. The van der Waals surface area contributed by atoms with Gasteiger partial charge in [-0.3, -0.25) is 23.2 Å². The topological polar surface area (TPSA) is 278 Å². The van der Waals surface area contributed by atoms with E-state index < -0.39 is 83.7 Å². The fourth-order valence-electron chi connectivity index (χ4n) is 7.03. The van der Waals surface area contributed by atoms with Crippen molar-refractivity contribution in [3.8, 4) is 0 Å². The summed E-state index contributed by atoms with van der Waals surface area (Å²) >= 11 is 0. The number of aliphatic hydroxyl groups excluding tert-OH is 2. The van der Waals surface area contributed by atoms with E-state index in [9.17, 15) is 43.5 Å². The molecule has 0 aliphatic carbocycles. The van der Waals surface area contributed by atoms with Crippen molar-refractivity contribution in [2.45, 2.75) is 172 Å². The minimum atomic E-state index is -5.46. The third-order valence-corrected chi connectivity index (χ3v) is 13.7. The quantitative estimate of drug-likeness (QED) is 0.0135. The van der Waals surface area contributed by atoms with Gasteiger partial charge in [-0.05, 0) is 96.0 Å². The molecule has 2 aliphatic rings. The summed E-state index contributed by atoms with van der Waals surface area (Å²) in [5.74, 6) is -1.46. The number of allylic oxidation sites excluding steroid dienone is 14. The Morgan fingerprint density at radius 2 is 1.23 bits per heavy atom. The van der Waals surface area contributed by atoms with Gasteiger partial charge >= 0.3 is 33.3 Å². The Morgan fingerprint density at radius 3 is 1.82 bits per heavy atom. The maximum atomic E-state index is 12.8. The molecule has 3 rings (SSSR count). The lowest BCUT2D eigenvalue weighted by Gasteiger charge is -2.21. The van der Waals surface area contributed by atoms with Crippen molar-refractivity contribution in [3.63, 3.8) is 0 Å². The second kappa shape index (κ2) is 36.6. The molecule has 0 amide bonds. The van der Waals surface area contributed by atoms with Crippen LogP contribution in [0.1, 0.15) is 136 Å². The largest absolute Gasteiger partial charge is 0.481 e. The molecular formula is C52H79N3O16P2. The number of carbonyl (C=O) groups excluding carboxylic acids is 2. The third-order valence-electron chi connectivity index (χ3n) is 11.1. The number of nitrogens with two attached hydrogens (primary N) is 1. The van der Waals surface area contributed by atoms with E-state index in [1.165, 1.54) is 25.3 Å². The predicted octanol–water partition coefficient (Wildman–Crippen LogP) is 9.43. The summed E-state index contributed by atoms with van der Waals surface area (Å²) in [6.07, 6.45) is 41.2. The van der Waals surface area contributed by atoms with Crippen molar-refractivity contribution < 1.29 is 71.0 Å². The molecule has 0 spiro atoms. The van der Waals surface area contributed by atoms with Crippen molar-refractivity contribution in [1.82, 2.24) is 9.55 Å². The van der Waals surface area contributed by atoms with Crippen molar-refractivity contribution in [2.75, 3.05) is 25.6 Å². The zero-order valence-corrected chi connectivity index (χ0v) is 44.1. The van der Waals surface area contributed by atoms with Gasteiger partial charge in [-0.2, -0.15) is 9.29 Å². The Morgan fingerprint density at radius 1 is 0.685 bits per heavy atom. The maximum absolute atomic E-state index is 12.8. The zero-order valence-electron chi connectivity index (χ0n) is 42.3. The molecule has 4 unspecified atom stereocenters. The molecule has 0 saturated carbocycles. The number of nitrogen functional groups attached to an aromatic ring is 1. The first-order valence-corrected chi connectivity index (χ1v) is 28.4. The Bertz CT molecular complexity index is 2170. The molecule has 2 fully saturated rings. The van der Waals surface area contributed by atoms with Crippen LogP contribution in [0.3, 0.4) is 0 Å². The molecule has 0 radical (unpaired) electrons. The number of aromatic nitrogens is 2. The fraction of sp³-hybridized carbons (Fsp3) is 0.577. The summed E-state index contributed by atoms with van der Waals surface area (Å²) in [7, 11) is -10.9. The van der Waals surface area contributed by atoms with E-state index in [1.807, 2.05) is 24.3 Å². The van der Waals surface area contributed by atoms with Gasteiger partial charge in [0.2, 0.25) is 0 Å². The third kappa shape index (κ3) is 28.8. The summed E-state index contributed by atoms with van der Waals surface area (Å²) < 4.78 is 62.3. The van der Waals surface area contributed by atoms with Crippen molar-refractivity contribution >= 4 is 33.4 Å². The van der Waals surface area contributed by atoms with Crippen LogP contribution in [0.5, 0.6) is 0 Å². The number of hydrogen-bond donors (Lipinski definition) is 5. The minimum Gasteiger partial charge on any atom is -0.462 e. The van der Waals surface area contributed by atoms with Crippen molar-refractivity contribution in [3.05, 3.63) is 120 Å². The first-order chi connectivity index (χ1) is 35.1. The molecule has 1 aromatic heterocycles. The molecule has 1 aromatic rings. The monoisotopic (exact) mass is 1060 g/mol. The summed E-state index contributed by atoms with van der Waals surface area (Å²) in [6, 6.07) is 1.24. The lowest BCUT2D eigenvalue weighted by Crippen LogP contribution is -2.36. The number of aliphatic hydroxyl groups is 2. The fourth-order valence-corrected chi connectivity index (χ4v) is 9.14. The number of rotatable bonds is 39. The molecule has 6 N–H and O–H groups in total. The molecule has 0 aromatic carbocycles. The molecule has 2 saturated heterocycles. The number of carbonyl (C=O) groups is 2. The van der Waals surface area contributed by atoms with Gasteiger partial charge in [0.05, 0.1) is 25.4 Å². The van der Waals surface area contributed by atoms with Crippen molar-refractivity contribution in [1.29, 1.82) is 0 Å². The van der Waals surface area contributed by atoms with Gasteiger partial charge in [0.25, 0.3) is 0 Å². The Kier molecular flexibility index (Phi) is 31.5. The first-order valence-electron chi connectivity index (χ1n) is 25.4. The van der Waals surface area contributed by atoms with Crippen LogP contribution in [0.25, 0.3) is 0 Å². The van der Waals surface area contributed by atoms with Gasteiger partial charge in [-0.15, -0.1) is 0 Å². The van der Waals surface area contributed by atoms with Crippen LogP contribution in [-0.4, -0.2) is 97.9 Å². The highest BCUT2D eigenvalue weighted by atomic mass is 31.3. The van der Waals surface area contributed by atoms with E-state index in [1.54, 1.807) is 6.08 Å². The molecule has 21 heteroatoms. The smallest absolute Gasteiger partial charge is 0.462 e. The number of hydrogen-bond acceptors (Lipinski definition) is 16. The van der Waals surface area contributed by atoms with Crippen LogP contribution < -0.4 is 11.4 Å². The highest BCUT2D eigenvalue weighted by molar-refractivity contribution is 7.61. The van der Waals surface area contributed by atoms with Crippen LogP contribution in [-0.2, 0) is 51.0 Å². The van der Waals surface area contributed by atoms with E-state index in [0.717, 1.165) is 68.6 Å². The Balaban J connectivity index is 1.43. The lowest BCUT2D eigenvalue weighted by molar-refractivity contribution is -0.161. The number of esters is 2. The molecule has 73 heavy (non-hydrogen) atoms. The number of epoxide rings is 1. The molecule has 3 heterocycles. The predicted molar refractivity (Wildman–Crippen MR) is 279 cm³/mol. The maximum Gasteiger partial charge on any atom is 0.481 e. The number of unbranched alkanes of at least 4 members (excludes halogenated alkanes) is 5. The molecule has 19 nitrogen and oxygen atoms in total. The van der Waals surface area contributed by atoms with Gasteiger partial charge < -0.3 is 44.7 Å². The second-order valence-corrected chi connectivity index (χ2v) is 20.4. The highest BCUT2D eigenvalue weighted by Crippen LogP contribution is 2.60. The lowest BCUT2D eigenvalue weighted by atomic mass is 10.1. The van der Waals surface area contributed by atoms with E-state index >= 15 is 0 Å². The van der Waals surface area contributed by atoms with E-state index in [0.29, 0.717) is 37.9 Å². The van der Waals surface area contributed by atoms with Gasteiger partial charge in [-0.25, -0.2) is 13.9 Å². The molecule has 408 valence electrons. The average Bonchev–Trinajstić information content (AvgIpc) is 4.04. The standard InChI is InChI=1S/C52H79N3O16P2/c1-3-5-7-8-9-10-11-12-13-14-18-21-24-27-31-35-47(56)65-39-42(68-48(57)36-32-28-25-22-19-16-15-17-20-23-26-30-34-44-43(69-44)33-29-6-4-2)40-66-72(61,62)71-73(63,64)67-41-45-49(58)50(59)51(70-45)55-38-37-46(53)54-52(55)60/h6,9-10,12-13,16-21,25-26,28-30,37-38,42-45,49-51,58-59H,3-5,7-8,11,14-15,22-24,27,31-36,39-41H2,1-2H3,(H,61,62)(H,63,64)(H2,53,54,60)/b10-9-,13-12-,19-16-,20-17-,21-18-,28-25-,29-6-,30-26-/t42-,43?,44?,45-,49-,50-,51-/m1/s1. The van der Waals surface area contributed by atoms with Gasteiger partial charge in [0.15, 0.2) is 12.3 Å². The zero-order chi connectivity index (χ0) is 53.2. The van der Waals surface area contributed by atoms with Crippen LogP contribution in [0.2, 0.25) is 0 Å². The Hall–Kier alpha value is -4.36. The summed E-state index contributed by atoms with van der Waals surface area (Å²) in [5, 5.41) is 20.9. The number of phosphoric ester groups is 2. The molecular weight excluding hydrogens is 985 g/mol. The summed E-state index contributed by atoms with van der Waals surface area (Å²) in [4.78, 5) is 61.9. The average molecular weight is 1060 g/mol. The minimum absolute atomic E-state index is 0.0544. The van der Waals surface area contributed by atoms with E-state index in [4.69, 9.17) is 33.7 Å². The van der Waals surface area contributed by atoms with Gasteiger partial charge in [0, 0.05) is 19.0 Å². The second-order valence-electron chi connectivity index (χ2n) is 17.3. The van der Waals surface area contributed by atoms with Crippen LogP contribution in [0, 0.1) is 0 Å². The van der Waals surface area contributed by atoms with Crippen LogP contribution >= 0.6 is 15.6 Å². The number of nitrogens with zero attached hydrogens (tertiary/aromatic N) is 2. The Labute approximate surface area is 430 Å².